The van der Waals surface area contributed by atoms with E-state index in [0.717, 1.165) is 0 Å². The molecule has 11 rings (SSSR count). The molecule has 8 aromatic carbocycles. The molecule has 0 fully saturated rings. The largest absolute Gasteiger partial charge is 0.456 e. The SMILES string of the molecule is [2H]c1c([2H])c([2H])c(-c2c([2H])c([2H])c([2H])c(-c3c([2H])c([2H])c(-c4c([2H])c([2H])c5c(oc6c([2H])c(-c7nc(-c8ccccc8)nc(-c8ccccc8)n7)c([2H])c([2H])c65)c4[2H])c4c3sc3c([2H])c([2H])c([2H])c([2H])c34)c2[2H])c([2H])c1[2H]. The molecule has 0 unspecified atom stereocenters. The Balaban J connectivity index is 1.23. The molecule has 0 saturated carbocycles. The Hall–Kier alpha value is -7.21. The van der Waals surface area contributed by atoms with Crippen LogP contribution < -0.4 is 0 Å². The van der Waals surface area contributed by atoms with E-state index >= 15 is 0 Å². The minimum absolute atomic E-state index is 0.178. The zero-order valence-electron chi connectivity index (χ0n) is 49.4. The topological polar surface area (TPSA) is 51.8 Å². The van der Waals surface area contributed by atoms with Crippen molar-refractivity contribution in [3.8, 4) is 67.5 Å². The lowest BCUT2D eigenvalue weighted by molar-refractivity contribution is 0.669. The third-order valence-corrected chi connectivity index (χ3v) is 10.1. The number of rotatable bonds is 6. The number of nitrogens with zero attached hydrogens (tertiary/aromatic N) is 3. The molecule has 0 amide bonds. The fraction of sp³-hybridized carbons (Fsp3) is 0. The van der Waals surface area contributed by atoms with Crippen LogP contribution in [0.2, 0.25) is 0 Å². The van der Waals surface area contributed by atoms with E-state index in [0.29, 0.717) is 22.5 Å². The monoisotopic (exact) mass is 754 g/mol. The fourth-order valence-electron chi connectivity index (χ4n) is 6.35. The van der Waals surface area contributed by atoms with E-state index in [1.54, 1.807) is 60.7 Å². The lowest BCUT2D eigenvalue weighted by atomic mass is 9.93. The van der Waals surface area contributed by atoms with Gasteiger partial charge in [0.05, 0.1) is 28.8 Å². The summed E-state index contributed by atoms with van der Waals surface area (Å²) in [5, 5.41) is -1.23. The maximum atomic E-state index is 9.76. The van der Waals surface area contributed by atoms with Crippen LogP contribution in [0.15, 0.2) is 192 Å². The van der Waals surface area contributed by atoms with E-state index in [9.17, 15) is 13.7 Å². The second kappa shape index (κ2) is 13.3. The zero-order valence-corrected chi connectivity index (χ0v) is 29.2. The van der Waals surface area contributed by atoms with Crippen LogP contribution in [0, 0.1) is 0 Å². The van der Waals surface area contributed by atoms with Gasteiger partial charge in [0.2, 0.25) is 0 Å². The average Bonchev–Trinajstić information content (AvgIpc) is 4.16. The number of hydrogen-bond acceptors (Lipinski definition) is 5. The zero-order chi connectivity index (χ0) is 55.3. The molecule has 262 valence electrons. The van der Waals surface area contributed by atoms with Gasteiger partial charge in [-0.1, -0.05) is 151 Å². The van der Waals surface area contributed by atoms with Gasteiger partial charge in [0.1, 0.15) is 11.2 Å². The quantitative estimate of drug-likeness (QED) is 0.170. The summed E-state index contributed by atoms with van der Waals surface area (Å²) in [5.41, 5.74) is -3.61. The first-order valence-corrected chi connectivity index (χ1v) is 17.8. The van der Waals surface area contributed by atoms with E-state index < -0.39 is 171 Å². The second-order valence-corrected chi connectivity index (χ2v) is 13.3. The van der Waals surface area contributed by atoms with Gasteiger partial charge in [-0.25, -0.2) is 15.0 Å². The van der Waals surface area contributed by atoms with Crippen molar-refractivity contribution in [3.63, 3.8) is 0 Å². The van der Waals surface area contributed by atoms with Crippen LogP contribution >= 0.6 is 11.3 Å². The van der Waals surface area contributed by atoms with Crippen LogP contribution in [0.5, 0.6) is 0 Å². The minimum atomic E-state index is -0.910. The Morgan fingerprint density at radius 3 is 1.68 bits per heavy atom. The predicted octanol–water partition coefficient (Wildman–Crippen LogP) is 14.1. The highest BCUT2D eigenvalue weighted by atomic mass is 32.1. The van der Waals surface area contributed by atoms with Gasteiger partial charge >= 0.3 is 0 Å². The molecule has 0 bridgehead atoms. The summed E-state index contributed by atoms with van der Waals surface area (Å²) in [6, 6.07) is 1.64. The standard InChI is InChI=1S/C51H31N3OS/c1-4-13-32(14-5-1)35-19-12-20-36(29-35)40-28-27-39(47-43-21-10-11-22-46(43)56-48(40)47)37-23-25-41-42-26-24-38(31-45(42)55-44(41)30-37)51-53-49(33-15-6-2-7-16-33)52-50(54-51)34-17-8-3-9-18-34/h1-31H/i1D,4D,5D,10D,11D,12D,13D,14D,19D,20D,21D,22D,23D,24D,25D,26D,27D,28D,29D,30D,31D. The second-order valence-electron chi connectivity index (χ2n) is 12.3. The highest BCUT2D eigenvalue weighted by Crippen LogP contribution is 2.46. The van der Waals surface area contributed by atoms with Crippen molar-refractivity contribution in [2.75, 3.05) is 0 Å². The van der Waals surface area contributed by atoms with Crippen molar-refractivity contribution in [2.45, 2.75) is 0 Å². The molecule has 0 atom stereocenters. The lowest BCUT2D eigenvalue weighted by Gasteiger charge is -2.11. The maximum absolute atomic E-state index is 9.76. The third-order valence-electron chi connectivity index (χ3n) is 8.93. The van der Waals surface area contributed by atoms with Gasteiger partial charge in [-0.15, -0.1) is 11.3 Å². The number of furan rings is 1. The van der Waals surface area contributed by atoms with E-state index in [-0.39, 0.29) is 54.0 Å². The average molecular weight is 755 g/mol. The molecule has 0 aliphatic carbocycles. The molecule has 0 aliphatic heterocycles. The Kier molecular flexibility index (Phi) is 4.15. The number of benzene rings is 8. The van der Waals surface area contributed by atoms with Gasteiger partial charge in [-0.2, -0.15) is 0 Å². The minimum Gasteiger partial charge on any atom is -0.456 e. The molecule has 4 nitrogen and oxygen atoms in total. The molecule has 0 N–H and O–H groups in total. The molecule has 0 spiro atoms. The number of aromatic nitrogens is 3. The van der Waals surface area contributed by atoms with Gasteiger partial charge in [0, 0.05) is 47.6 Å². The summed E-state index contributed by atoms with van der Waals surface area (Å²) >= 11 is 0.621. The van der Waals surface area contributed by atoms with Crippen molar-refractivity contribution in [1.82, 2.24) is 15.0 Å². The van der Waals surface area contributed by atoms with Crippen molar-refractivity contribution in [3.05, 3.63) is 188 Å². The van der Waals surface area contributed by atoms with Crippen LogP contribution in [0.4, 0.5) is 0 Å². The molecule has 11 aromatic rings. The van der Waals surface area contributed by atoms with E-state index in [2.05, 4.69) is 15.0 Å². The van der Waals surface area contributed by atoms with Crippen LogP contribution in [0.25, 0.3) is 110 Å². The fourth-order valence-corrected chi connectivity index (χ4v) is 7.48. The first-order chi connectivity index (χ1) is 36.5. The summed E-state index contributed by atoms with van der Waals surface area (Å²) in [7, 11) is 0. The predicted molar refractivity (Wildman–Crippen MR) is 233 cm³/mol. The number of hydrogen-bond donors (Lipinski definition) is 0. The molecule has 3 heterocycles. The van der Waals surface area contributed by atoms with Crippen molar-refractivity contribution < 1.29 is 33.2 Å². The van der Waals surface area contributed by atoms with E-state index in [1.165, 1.54) is 0 Å². The first kappa shape index (κ1) is 17.5. The molecular weight excluding hydrogens is 703 g/mol. The maximum Gasteiger partial charge on any atom is 0.164 e. The molecule has 0 radical (unpaired) electrons. The van der Waals surface area contributed by atoms with Crippen LogP contribution in [0.1, 0.15) is 28.8 Å². The summed E-state index contributed by atoms with van der Waals surface area (Å²) in [5.74, 6) is 0.181. The van der Waals surface area contributed by atoms with Crippen molar-refractivity contribution >= 4 is 53.4 Å². The summed E-state index contributed by atoms with van der Waals surface area (Å²) in [6.45, 7) is 0. The van der Waals surface area contributed by atoms with Crippen molar-refractivity contribution in [2.24, 2.45) is 0 Å². The van der Waals surface area contributed by atoms with Gasteiger partial charge in [-0.3, -0.25) is 0 Å². The highest BCUT2D eigenvalue weighted by molar-refractivity contribution is 7.26. The molecular formula is C51H31N3OS. The molecule has 3 aromatic heterocycles. The van der Waals surface area contributed by atoms with E-state index in [1.807, 2.05) is 0 Å². The molecule has 0 saturated heterocycles. The Bertz CT molecular complexity index is 4380. The van der Waals surface area contributed by atoms with Crippen LogP contribution in [-0.2, 0) is 0 Å². The summed E-state index contributed by atoms with van der Waals surface area (Å²) < 4.78 is 196. The van der Waals surface area contributed by atoms with Gasteiger partial charge in [0.15, 0.2) is 17.5 Å². The molecule has 56 heavy (non-hydrogen) atoms. The molecule has 0 aliphatic rings. The summed E-state index contributed by atoms with van der Waals surface area (Å²) in [4.78, 5) is 13.9. The normalized spacial score (nSPS) is 16.8. The number of fused-ring (bicyclic) bond motifs is 6. The van der Waals surface area contributed by atoms with Crippen LogP contribution in [0.3, 0.4) is 0 Å². The van der Waals surface area contributed by atoms with Gasteiger partial charge < -0.3 is 4.42 Å². The van der Waals surface area contributed by atoms with Crippen LogP contribution in [-0.4, -0.2) is 15.0 Å². The number of thiophene rings is 1. The smallest absolute Gasteiger partial charge is 0.164 e. The highest BCUT2D eigenvalue weighted by Gasteiger charge is 2.19. The lowest BCUT2D eigenvalue weighted by Crippen LogP contribution is -2.00. The Morgan fingerprint density at radius 2 is 0.964 bits per heavy atom. The van der Waals surface area contributed by atoms with Gasteiger partial charge in [-0.05, 0) is 69.6 Å². The van der Waals surface area contributed by atoms with Gasteiger partial charge in [0.25, 0.3) is 0 Å². The molecule has 5 heteroatoms. The Morgan fingerprint density at radius 1 is 0.411 bits per heavy atom. The van der Waals surface area contributed by atoms with E-state index in [4.69, 9.17) is 19.5 Å². The van der Waals surface area contributed by atoms with Crippen molar-refractivity contribution in [1.29, 1.82) is 0 Å². The Labute approximate surface area is 356 Å². The summed E-state index contributed by atoms with van der Waals surface area (Å²) in [6.07, 6.45) is 0. The first-order valence-electron chi connectivity index (χ1n) is 27.5. The third kappa shape index (κ3) is 5.56.